The van der Waals surface area contributed by atoms with Crippen molar-refractivity contribution in [3.8, 4) is 28.4 Å². The number of carbonyl (C=O) groups is 1. The van der Waals surface area contributed by atoms with Gasteiger partial charge in [0, 0.05) is 12.5 Å². The molecule has 0 fully saturated rings. The van der Waals surface area contributed by atoms with Gasteiger partial charge in [0.05, 0.1) is 31.3 Å². The van der Waals surface area contributed by atoms with E-state index >= 15 is 0 Å². The summed E-state index contributed by atoms with van der Waals surface area (Å²) in [6, 6.07) is 8.90. The molecule has 0 radical (unpaired) electrons. The first kappa shape index (κ1) is 20.8. The molecule has 1 aliphatic heterocycles. The van der Waals surface area contributed by atoms with Gasteiger partial charge in [-0.05, 0) is 42.7 Å². The van der Waals surface area contributed by atoms with Gasteiger partial charge in [-0.15, -0.1) is 0 Å². The van der Waals surface area contributed by atoms with Gasteiger partial charge in [-0.1, -0.05) is 13.0 Å². The van der Waals surface area contributed by atoms with E-state index in [-0.39, 0.29) is 12.0 Å². The van der Waals surface area contributed by atoms with Crippen LogP contribution in [0.4, 0.5) is 0 Å². The highest BCUT2D eigenvalue weighted by molar-refractivity contribution is 5.85. The molecular formula is C24H24O7. The van der Waals surface area contributed by atoms with E-state index in [4.69, 9.17) is 18.6 Å². The van der Waals surface area contributed by atoms with Crippen LogP contribution in [0.3, 0.4) is 0 Å². The number of hydrogen-bond acceptors (Lipinski definition) is 7. The molecule has 0 unspecified atom stereocenters. The number of hydrogen-bond donors (Lipinski definition) is 0. The number of esters is 1. The van der Waals surface area contributed by atoms with Crippen molar-refractivity contribution in [2.24, 2.45) is 0 Å². The van der Waals surface area contributed by atoms with Gasteiger partial charge in [-0.2, -0.15) is 0 Å². The Labute approximate surface area is 179 Å². The minimum atomic E-state index is -0.482. The standard InChI is InChI=1S/C24H24O7/c1-4-15-10-17-20(12-19(15)30-13-22(25)27-3)31-14(2)23(24(17)26)16-6-7-18-21(11-16)29-9-5-8-28-18/h6-7,10-12H,4-5,8-9,13H2,1-3H3. The van der Waals surface area contributed by atoms with E-state index in [0.29, 0.717) is 64.7 Å². The lowest BCUT2D eigenvalue weighted by atomic mass is 10.0. The normalized spacial score (nSPS) is 13.0. The summed E-state index contributed by atoms with van der Waals surface area (Å²) in [5.74, 6) is 1.78. The van der Waals surface area contributed by atoms with Crippen molar-refractivity contribution in [1.29, 1.82) is 0 Å². The van der Waals surface area contributed by atoms with Gasteiger partial charge in [0.2, 0.25) is 5.43 Å². The average Bonchev–Trinajstić information content (AvgIpc) is 3.02. The minimum absolute atomic E-state index is 0.137. The molecule has 0 saturated carbocycles. The molecule has 0 saturated heterocycles. The first-order valence-electron chi connectivity index (χ1n) is 10.2. The van der Waals surface area contributed by atoms with Gasteiger partial charge < -0.3 is 23.4 Å². The smallest absolute Gasteiger partial charge is 0.343 e. The lowest BCUT2D eigenvalue weighted by Crippen LogP contribution is -2.14. The van der Waals surface area contributed by atoms with E-state index in [1.807, 2.05) is 25.1 Å². The third kappa shape index (κ3) is 4.08. The monoisotopic (exact) mass is 424 g/mol. The zero-order valence-corrected chi connectivity index (χ0v) is 17.8. The van der Waals surface area contributed by atoms with Crippen LogP contribution in [0.1, 0.15) is 24.7 Å². The van der Waals surface area contributed by atoms with Crippen LogP contribution in [0.15, 0.2) is 39.5 Å². The molecular weight excluding hydrogens is 400 g/mol. The highest BCUT2D eigenvalue weighted by Crippen LogP contribution is 2.35. The Hall–Kier alpha value is -3.48. The molecule has 4 rings (SSSR count). The number of benzene rings is 2. The van der Waals surface area contributed by atoms with Crippen LogP contribution in [0, 0.1) is 6.92 Å². The summed E-state index contributed by atoms with van der Waals surface area (Å²) in [6.45, 7) is 4.65. The molecule has 162 valence electrons. The molecule has 31 heavy (non-hydrogen) atoms. The first-order chi connectivity index (χ1) is 15.0. The third-order valence-electron chi connectivity index (χ3n) is 5.24. The van der Waals surface area contributed by atoms with Gasteiger partial charge in [0.1, 0.15) is 17.1 Å². The number of aryl methyl sites for hydroxylation is 2. The molecule has 1 aromatic heterocycles. The Kier molecular flexibility index (Phi) is 5.84. The maximum absolute atomic E-state index is 13.4. The Bertz CT molecular complexity index is 1190. The molecule has 0 atom stereocenters. The van der Waals surface area contributed by atoms with Crippen LogP contribution in [-0.4, -0.2) is 32.9 Å². The molecule has 3 aromatic rings. The summed E-state index contributed by atoms with van der Waals surface area (Å²) >= 11 is 0. The summed E-state index contributed by atoms with van der Waals surface area (Å²) in [7, 11) is 1.30. The van der Waals surface area contributed by atoms with Crippen LogP contribution < -0.4 is 19.6 Å². The molecule has 2 heterocycles. The van der Waals surface area contributed by atoms with Gasteiger partial charge in [0.15, 0.2) is 18.1 Å². The lowest BCUT2D eigenvalue weighted by molar-refractivity contribution is -0.142. The summed E-state index contributed by atoms with van der Waals surface area (Å²) in [5.41, 5.74) is 2.26. The molecule has 0 spiro atoms. The van der Waals surface area contributed by atoms with Crippen molar-refractivity contribution >= 4 is 16.9 Å². The second-order valence-electron chi connectivity index (χ2n) is 7.25. The van der Waals surface area contributed by atoms with Crippen LogP contribution in [0.5, 0.6) is 17.2 Å². The molecule has 0 bridgehead atoms. The Morgan fingerprint density at radius 3 is 2.61 bits per heavy atom. The number of rotatable bonds is 5. The predicted octanol–water partition coefficient (Wildman–Crippen LogP) is 4.04. The van der Waals surface area contributed by atoms with Crippen molar-refractivity contribution in [3.05, 3.63) is 51.9 Å². The summed E-state index contributed by atoms with van der Waals surface area (Å²) in [6.07, 6.45) is 1.43. The zero-order chi connectivity index (χ0) is 22.0. The first-order valence-corrected chi connectivity index (χ1v) is 10.2. The van der Waals surface area contributed by atoms with Crippen LogP contribution in [-0.2, 0) is 16.0 Å². The SMILES string of the molecule is CCc1cc2c(=O)c(-c3ccc4c(c3)OCCCO4)c(C)oc2cc1OCC(=O)OC. The van der Waals surface area contributed by atoms with Crippen LogP contribution >= 0.6 is 0 Å². The molecule has 0 aliphatic carbocycles. The fraction of sp³-hybridized carbons (Fsp3) is 0.333. The highest BCUT2D eigenvalue weighted by atomic mass is 16.6. The molecule has 2 aromatic carbocycles. The Morgan fingerprint density at radius 2 is 1.87 bits per heavy atom. The van der Waals surface area contributed by atoms with Crippen LogP contribution in [0.2, 0.25) is 0 Å². The Morgan fingerprint density at radius 1 is 1.10 bits per heavy atom. The maximum Gasteiger partial charge on any atom is 0.343 e. The number of fused-ring (bicyclic) bond motifs is 2. The maximum atomic E-state index is 13.4. The fourth-order valence-corrected chi connectivity index (χ4v) is 3.64. The largest absolute Gasteiger partial charge is 0.490 e. The summed E-state index contributed by atoms with van der Waals surface area (Å²) < 4.78 is 27.7. The quantitative estimate of drug-likeness (QED) is 0.572. The van der Waals surface area contributed by atoms with Crippen molar-refractivity contribution in [2.45, 2.75) is 26.7 Å². The summed E-state index contributed by atoms with van der Waals surface area (Å²) in [5, 5.41) is 0.454. The van der Waals surface area contributed by atoms with Gasteiger partial charge in [-0.25, -0.2) is 4.79 Å². The van der Waals surface area contributed by atoms with Gasteiger partial charge in [0.25, 0.3) is 0 Å². The van der Waals surface area contributed by atoms with E-state index in [0.717, 1.165) is 12.0 Å². The molecule has 1 aliphatic rings. The minimum Gasteiger partial charge on any atom is -0.490 e. The number of methoxy groups -OCH3 is 1. The van der Waals surface area contributed by atoms with E-state index in [9.17, 15) is 9.59 Å². The van der Waals surface area contributed by atoms with E-state index in [1.54, 1.807) is 19.1 Å². The number of ether oxygens (including phenoxy) is 4. The second-order valence-corrected chi connectivity index (χ2v) is 7.25. The predicted molar refractivity (Wildman–Crippen MR) is 115 cm³/mol. The van der Waals surface area contributed by atoms with Crippen LogP contribution in [0.25, 0.3) is 22.1 Å². The van der Waals surface area contributed by atoms with E-state index in [1.165, 1.54) is 7.11 Å². The highest BCUT2D eigenvalue weighted by Gasteiger charge is 2.19. The number of carbonyl (C=O) groups excluding carboxylic acids is 1. The van der Waals surface area contributed by atoms with Gasteiger partial charge >= 0.3 is 5.97 Å². The zero-order valence-electron chi connectivity index (χ0n) is 17.8. The fourth-order valence-electron chi connectivity index (χ4n) is 3.64. The van der Waals surface area contributed by atoms with Crippen molar-refractivity contribution in [2.75, 3.05) is 26.9 Å². The third-order valence-corrected chi connectivity index (χ3v) is 5.24. The van der Waals surface area contributed by atoms with Crippen molar-refractivity contribution < 1.29 is 28.2 Å². The molecule has 7 heteroatoms. The summed E-state index contributed by atoms with van der Waals surface area (Å²) in [4.78, 5) is 24.9. The van der Waals surface area contributed by atoms with Crippen molar-refractivity contribution in [3.63, 3.8) is 0 Å². The lowest BCUT2D eigenvalue weighted by Gasteiger charge is -2.13. The van der Waals surface area contributed by atoms with Gasteiger partial charge in [-0.3, -0.25) is 4.79 Å². The van der Waals surface area contributed by atoms with Crippen molar-refractivity contribution in [1.82, 2.24) is 0 Å². The van der Waals surface area contributed by atoms with E-state index < -0.39 is 5.97 Å². The molecule has 0 amide bonds. The Balaban J connectivity index is 1.80. The average molecular weight is 424 g/mol. The molecule has 0 N–H and O–H groups in total. The molecule has 7 nitrogen and oxygen atoms in total. The topological polar surface area (TPSA) is 84.2 Å². The second kappa shape index (κ2) is 8.71. The van der Waals surface area contributed by atoms with E-state index in [2.05, 4.69) is 4.74 Å².